The van der Waals surface area contributed by atoms with Gasteiger partial charge in [-0.2, -0.15) is 0 Å². The molecule has 1 aliphatic carbocycles. The molecule has 0 aliphatic heterocycles. The fourth-order valence-electron chi connectivity index (χ4n) is 1.17. The van der Waals surface area contributed by atoms with Crippen LogP contribution in [0.1, 0.15) is 26.7 Å². The van der Waals surface area contributed by atoms with Gasteiger partial charge in [0.05, 0.1) is 12.2 Å². The fourth-order valence-corrected chi connectivity index (χ4v) is 1.71. The lowest BCUT2D eigenvalue weighted by Gasteiger charge is -2.11. The van der Waals surface area contributed by atoms with E-state index < -0.39 is 0 Å². The van der Waals surface area contributed by atoms with Gasteiger partial charge in [0, 0.05) is 6.07 Å². The molecule has 82 valence electrons. The Balaban J connectivity index is 2.07. The minimum absolute atomic E-state index is 0.156. The number of nitrogens with zero attached hydrogens (tertiary/aromatic N) is 1. The van der Waals surface area contributed by atoms with Crippen LogP contribution in [0.3, 0.4) is 0 Å². The molecule has 0 saturated heterocycles. The van der Waals surface area contributed by atoms with E-state index in [0.29, 0.717) is 12.0 Å². The van der Waals surface area contributed by atoms with Crippen LogP contribution in [0.2, 0.25) is 0 Å². The molecule has 1 saturated carbocycles. The van der Waals surface area contributed by atoms with Gasteiger partial charge in [0.25, 0.3) is 0 Å². The summed E-state index contributed by atoms with van der Waals surface area (Å²) in [6.45, 7) is 3.98. The Morgan fingerprint density at radius 1 is 1.40 bits per heavy atom. The SMILES string of the molecule is CC(C)Oc1ccc(OC2CC2)c(I)n1. The van der Waals surface area contributed by atoms with Crippen molar-refractivity contribution in [2.75, 3.05) is 0 Å². The van der Waals surface area contributed by atoms with Crippen molar-refractivity contribution in [3.8, 4) is 11.6 Å². The number of hydrogen-bond acceptors (Lipinski definition) is 3. The summed E-state index contributed by atoms with van der Waals surface area (Å²) in [7, 11) is 0. The van der Waals surface area contributed by atoms with Gasteiger partial charge in [-0.25, -0.2) is 4.98 Å². The molecule has 0 N–H and O–H groups in total. The predicted molar refractivity (Wildman–Crippen MR) is 66.4 cm³/mol. The zero-order chi connectivity index (χ0) is 10.8. The normalized spacial score (nSPS) is 15.5. The van der Waals surface area contributed by atoms with E-state index in [2.05, 4.69) is 27.6 Å². The molecular weight excluding hydrogens is 305 g/mol. The van der Waals surface area contributed by atoms with Crippen molar-refractivity contribution >= 4 is 22.6 Å². The van der Waals surface area contributed by atoms with Crippen LogP contribution in [0.15, 0.2) is 12.1 Å². The van der Waals surface area contributed by atoms with E-state index in [4.69, 9.17) is 9.47 Å². The number of hydrogen-bond donors (Lipinski definition) is 0. The molecule has 0 bridgehead atoms. The Labute approximate surface area is 103 Å². The van der Waals surface area contributed by atoms with Gasteiger partial charge in [-0.05, 0) is 55.3 Å². The van der Waals surface area contributed by atoms with Crippen molar-refractivity contribution < 1.29 is 9.47 Å². The maximum absolute atomic E-state index is 5.69. The largest absolute Gasteiger partial charge is 0.488 e. The lowest BCUT2D eigenvalue weighted by atomic mass is 10.4. The van der Waals surface area contributed by atoms with Gasteiger partial charge in [-0.1, -0.05) is 0 Å². The van der Waals surface area contributed by atoms with Crippen molar-refractivity contribution in [1.29, 1.82) is 0 Å². The summed E-state index contributed by atoms with van der Waals surface area (Å²) in [4.78, 5) is 4.33. The van der Waals surface area contributed by atoms with Gasteiger partial charge in [-0.15, -0.1) is 0 Å². The Bertz CT molecular complexity index is 350. The summed E-state index contributed by atoms with van der Waals surface area (Å²) in [6, 6.07) is 3.80. The van der Waals surface area contributed by atoms with Crippen LogP contribution in [0.25, 0.3) is 0 Å². The minimum atomic E-state index is 0.156. The first-order chi connectivity index (χ1) is 7.15. The van der Waals surface area contributed by atoms with Crippen LogP contribution in [-0.4, -0.2) is 17.2 Å². The van der Waals surface area contributed by atoms with E-state index in [1.165, 1.54) is 12.8 Å². The third-order valence-electron chi connectivity index (χ3n) is 1.96. The van der Waals surface area contributed by atoms with E-state index in [9.17, 15) is 0 Å². The maximum atomic E-state index is 5.69. The van der Waals surface area contributed by atoms with E-state index in [1.54, 1.807) is 0 Å². The molecule has 1 aromatic heterocycles. The molecule has 0 atom stereocenters. The third kappa shape index (κ3) is 3.22. The summed E-state index contributed by atoms with van der Waals surface area (Å²) >= 11 is 2.18. The van der Waals surface area contributed by atoms with Crippen LogP contribution in [0.4, 0.5) is 0 Å². The standard InChI is InChI=1S/C11H14INO2/c1-7(2)14-10-6-5-9(11(12)13-10)15-8-3-4-8/h5-8H,3-4H2,1-2H3. The van der Waals surface area contributed by atoms with E-state index >= 15 is 0 Å². The summed E-state index contributed by atoms with van der Waals surface area (Å²) in [5.74, 6) is 1.53. The van der Waals surface area contributed by atoms with E-state index in [0.717, 1.165) is 9.45 Å². The third-order valence-corrected chi connectivity index (χ3v) is 2.74. The molecule has 3 nitrogen and oxygen atoms in total. The highest BCUT2D eigenvalue weighted by molar-refractivity contribution is 14.1. The molecule has 0 spiro atoms. The zero-order valence-corrected chi connectivity index (χ0v) is 11.0. The molecule has 0 unspecified atom stereocenters. The van der Waals surface area contributed by atoms with Gasteiger partial charge in [0.15, 0.2) is 5.75 Å². The van der Waals surface area contributed by atoms with Crippen LogP contribution in [0, 0.1) is 3.70 Å². The van der Waals surface area contributed by atoms with E-state index in [1.807, 2.05) is 26.0 Å². The number of ether oxygens (including phenoxy) is 2. The second-order valence-corrected chi connectivity index (χ2v) is 4.94. The molecule has 0 radical (unpaired) electrons. The zero-order valence-electron chi connectivity index (χ0n) is 8.87. The molecular formula is C11H14INO2. The summed E-state index contributed by atoms with van der Waals surface area (Å²) < 4.78 is 12.1. The molecule has 0 aromatic carbocycles. The minimum Gasteiger partial charge on any atom is -0.488 e. The first kappa shape index (κ1) is 11.0. The summed E-state index contributed by atoms with van der Waals surface area (Å²) in [6.07, 6.45) is 2.90. The summed E-state index contributed by atoms with van der Waals surface area (Å²) in [5.41, 5.74) is 0. The van der Waals surface area contributed by atoms with Crippen LogP contribution in [0.5, 0.6) is 11.6 Å². The molecule has 2 rings (SSSR count). The molecule has 1 heterocycles. The molecule has 1 aromatic rings. The topological polar surface area (TPSA) is 31.4 Å². The number of rotatable bonds is 4. The van der Waals surface area contributed by atoms with Crippen LogP contribution < -0.4 is 9.47 Å². The highest BCUT2D eigenvalue weighted by atomic mass is 127. The lowest BCUT2D eigenvalue weighted by molar-refractivity contribution is 0.230. The average molecular weight is 319 g/mol. The van der Waals surface area contributed by atoms with Crippen LogP contribution in [-0.2, 0) is 0 Å². The average Bonchev–Trinajstić information content (AvgIpc) is 2.92. The lowest BCUT2D eigenvalue weighted by Crippen LogP contribution is -2.08. The van der Waals surface area contributed by atoms with E-state index in [-0.39, 0.29) is 6.10 Å². The van der Waals surface area contributed by atoms with Crippen molar-refractivity contribution in [3.63, 3.8) is 0 Å². The molecule has 0 amide bonds. The number of pyridine rings is 1. The van der Waals surface area contributed by atoms with Crippen molar-refractivity contribution in [1.82, 2.24) is 4.98 Å². The predicted octanol–water partition coefficient (Wildman–Crippen LogP) is 3.01. The fraction of sp³-hybridized carbons (Fsp3) is 0.545. The highest BCUT2D eigenvalue weighted by Gasteiger charge is 2.24. The van der Waals surface area contributed by atoms with Gasteiger partial charge in [0.1, 0.15) is 3.70 Å². The number of aromatic nitrogens is 1. The monoisotopic (exact) mass is 319 g/mol. The van der Waals surface area contributed by atoms with Gasteiger partial charge >= 0.3 is 0 Å². The summed E-state index contributed by atoms with van der Waals surface area (Å²) in [5, 5.41) is 0. The van der Waals surface area contributed by atoms with Crippen LogP contribution >= 0.6 is 22.6 Å². The highest BCUT2D eigenvalue weighted by Crippen LogP contribution is 2.30. The van der Waals surface area contributed by atoms with Crippen molar-refractivity contribution in [2.45, 2.75) is 38.9 Å². The first-order valence-corrected chi connectivity index (χ1v) is 6.23. The quantitative estimate of drug-likeness (QED) is 0.631. The Hall–Kier alpha value is -0.520. The van der Waals surface area contributed by atoms with Gasteiger partial charge < -0.3 is 9.47 Å². The van der Waals surface area contributed by atoms with Crippen molar-refractivity contribution in [2.24, 2.45) is 0 Å². The molecule has 1 aliphatic rings. The molecule has 15 heavy (non-hydrogen) atoms. The first-order valence-electron chi connectivity index (χ1n) is 5.15. The Morgan fingerprint density at radius 2 is 2.13 bits per heavy atom. The van der Waals surface area contributed by atoms with Gasteiger partial charge in [-0.3, -0.25) is 0 Å². The smallest absolute Gasteiger partial charge is 0.214 e. The Kier molecular flexibility index (Phi) is 3.33. The molecule has 1 fully saturated rings. The van der Waals surface area contributed by atoms with Gasteiger partial charge in [0.2, 0.25) is 5.88 Å². The maximum Gasteiger partial charge on any atom is 0.214 e. The second kappa shape index (κ2) is 4.55. The second-order valence-electron chi connectivity index (χ2n) is 3.92. The number of halogens is 1. The molecule has 4 heteroatoms. The van der Waals surface area contributed by atoms with Crippen molar-refractivity contribution in [3.05, 3.63) is 15.8 Å². The Morgan fingerprint density at radius 3 is 2.67 bits per heavy atom.